The molecule has 0 spiro atoms. The predicted octanol–water partition coefficient (Wildman–Crippen LogP) is 3.46. The van der Waals surface area contributed by atoms with E-state index in [2.05, 4.69) is 19.6 Å². The lowest BCUT2D eigenvalue weighted by atomic mass is 10.1. The molecule has 1 rings (SSSR count). The van der Waals surface area contributed by atoms with Crippen LogP contribution in [0.1, 0.15) is 19.8 Å². The van der Waals surface area contributed by atoms with Crippen LogP contribution in [0.25, 0.3) is 0 Å². The largest absolute Gasteiger partial charge is 0.493 e. The van der Waals surface area contributed by atoms with E-state index < -0.39 is 16.4 Å². The lowest BCUT2D eigenvalue weighted by molar-refractivity contribution is -0.387. The molecule has 0 N–H and O–H groups in total. The van der Waals surface area contributed by atoms with E-state index in [0.29, 0.717) is 24.0 Å². The molecule has 4 nitrogen and oxygen atoms in total. The number of nitrogens with zero attached hydrogens (tertiary/aromatic N) is 1. The molecule has 0 fully saturated rings. The average Bonchev–Trinajstić information content (AvgIpc) is 2.34. The van der Waals surface area contributed by atoms with Gasteiger partial charge in [0.2, 0.25) is 5.82 Å². The number of ether oxygens (including phenoxy) is 1. The van der Waals surface area contributed by atoms with Gasteiger partial charge in [-0.15, -0.1) is 0 Å². The summed E-state index contributed by atoms with van der Waals surface area (Å²) >= 11 is 4.22. The van der Waals surface area contributed by atoms with Crippen LogP contribution in [0.3, 0.4) is 0 Å². The Bertz CT molecular complexity index is 414. The molecule has 0 aliphatic carbocycles. The van der Waals surface area contributed by atoms with Crippen LogP contribution in [0.4, 0.5) is 10.1 Å². The smallest absolute Gasteiger partial charge is 0.305 e. The minimum absolute atomic E-state index is 0.302. The van der Waals surface area contributed by atoms with Crippen molar-refractivity contribution in [3.05, 3.63) is 34.1 Å². The van der Waals surface area contributed by atoms with Crippen LogP contribution in [0, 0.1) is 21.8 Å². The fourth-order valence-electron chi connectivity index (χ4n) is 1.58. The normalized spacial score (nSPS) is 12.2. The molecule has 0 saturated heterocycles. The van der Waals surface area contributed by atoms with Gasteiger partial charge >= 0.3 is 5.69 Å². The summed E-state index contributed by atoms with van der Waals surface area (Å²) < 4.78 is 18.7. The van der Waals surface area contributed by atoms with E-state index in [0.717, 1.165) is 25.0 Å². The summed E-state index contributed by atoms with van der Waals surface area (Å²) in [6, 6.07) is 3.56. The van der Waals surface area contributed by atoms with Gasteiger partial charge in [-0.05, 0) is 18.2 Å². The Morgan fingerprint density at radius 3 is 2.78 bits per heavy atom. The predicted molar refractivity (Wildman–Crippen MR) is 70.8 cm³/mol. The van der Waals surface area contributed by atoms with Crippen molar-refractivity contribution in [2.24, 2.45) is 5.92 Å². The third kappa shape index (κ3) is 4.18. The first-order valence-electron chi connectivity index (χ1n) is 5.76. The van der Waals surface area contributed by atoms with Gasteiger partial charge in [0.1, 0.15) is 5.75 Å². The van der Waals surface area contributed by atoms with Crippen molar-refractivity contribution in [2.75, 3.05) is 12.4 Å². The van der Waals surface area contributed by atoms with Crippen LogP contribution in [0.2, 0.25) is 0 Å². The van der Waals surface area contributed by atoms with E-state index in [1.54, 1.807) is 0 Å². The second-order valence-corrected chi connectivity index (χ2v) is 4.38. The fraction of sp³-hybridized carbons (Fsp3) is 0.500. The molecule has 6 heteroatoms. The highest BCUT2D eigenvalue weighted by atomic mass is 32.1. The topological polar surface area (TPSA) is 52.4 Å². The molecule has 0 heterocycles. The van der Waals surface area contributed by atoms with E-state index in [1.807, 2.05) is 0 Å². The zero-order valence-electron chi connectivity index (χ0n) is 10.1. The maximum atomic E-state index is 13.3. The molecule has 0 aliphatic rings. The van der Waals surface area contributed by atoms with E-state index >= 15 is 0 Å². The molecule has 1 aromatic carbocycles. The van der Waals surface area contributed by atoms with Crippen LogP contribution < -0.4 is 4.74 Å². The maximum Gasteiger partial charge on any atom is 0.305 e. The maximum absolute atomic E-state index is 13.3. The Kier molecular flexibility index (Phi) is 5.91. The highest BCUT2D eigenvalue weighted by molar-refractivity contribution is 7.80. The van der Waals surface area contributed by atoms with E-state index in [9.17, 15) is 14.5 Å². The summed E-state index contributed by atoms with van der Waals surface area (Å²) in [4.78, 5) is 9.69. The number of thiol groups is 1. The first-order valence-corrected chi connectivity index (χ1v) is 6.39. The molecular weight excluding hydrogens is 257 g/mol. The summed E-state index contributed by atoms with van der Waals surface area (Å²) in [6.45, 7) is 2.51. The Morgan fingerprint density at radius 1 is 1.56 bits per heavy atom. The number of hydrogen-bond donors (Lipinski definition) is 1. The van der Waals surface area contributed by atoms with Gasteiger partial charge in [-0.3, -0.25) is 10.1 Å². The molecule has 18 heavy (non-hydrogen) atoms. The molecule has 0 saturated carbocycles. The Labute approximate surface area is 111 Å². The Hall–Kier alpha value is -1.30. The van der Waals surface area contributed by atoms with Gasteiger partial charge in [-0.25, -0.2) is 0 Å². The third-order valence-corrected chi connectivity index (χ3v) is 3.07. The van der Waals surface area contributed by atoms with Crippen LogP contribution >= 0.6 is 12.6 Å². The number of rotatable bonds is 7. The molecule has 0 aliphatic heterocycles. The average molecular weight is 273 g/mol. The lowest BCUT2D eigenvalue weighted by Crippen LogP contribution is -2.13. The zero-order chi connectivity index (χ0) is 13.5. The van der Waals surface area contributed by atoms with Gasteiger partial charge in [0.05, 0.1) is 11.5 Å². The molecule has 1 atom stereocenters. The van der Waals surface area contributed by atoms with Crippen LogP contribution in [0.5, 0.6) is 5.75 Å². The molecule has 1 unspecified atom stereocenters. The van der Waals surface area contributed by atoms with Crippen LogP contribution in [-0.4, -0.2) is 17.3 Å². The Morgan fingerprint density at radius 2 is 2.28 bits per heavy atom. The summed E-state index contributed by atoms with van der Waals surface area (Å²) in [5.74, 6) is 0.427. The number of hydrogen-bond acceptors (Lipinski definition) is 4. The number of halogens is 1. The number of benzene rings is 1. The van der Waals surface area contributed by atoms with E-state index in [4.69, 9.17) is 4.74 Å². The third-order valence-electron chi connectivity index (χ3n) is 2.56. The van der Waals surface area contributed by atoms with Gasteiger partial charge in [0.25, 0.3) is 0 Å². The summed E-state index contributed by atoms with van der Waals surface area (Å²) in [5.41, 5.74) is -0.540. The number of nitro benzene ring substituents is 1. The summed E-state index contributed by atoms with van der Waals surface area (Å²) in [7, 11) is 0. The molecular formula is C12H16FNO3S. The van der Waals surface area contributed by atoms with Crippen molar-refractivity contribution in [3.63, 3.8) is 0 Å². The van der Waals surface area contributed by atoms with E-state index in [-0.39, 0.29) is 0 Å². The van der Waals surface area contributed by atoms with Gasteiger partial charge in [0, 0.05) is 18.1 Å². The quantitative estimate of drug-likeness (QED) is 0.470. The lowest BCUT2D eigenvalue weighted by Gasteiger charge is -2.14. The zero-order valence-corrected chi connectivity index (χ0v) is 11.0. The highest BCUT2D eigenvalue weighted by Gasteiger charge is 2.15. The van der Waals surface area contributed by atoms with Crippen molar-refractivity contribution in [2.45, 2.75) is 19.8 Å². The van der Waals surface area contributed by atoms with Crippen molar-refractivity contribution >= 4 is 18.3 Å². The first kappa shape index (κ1) is 14.8. The molecule has 0 amide bonds. The molecule has 0 aromatic heterocycles. The van der Waals surface area contributed by atoms with Crippen molar-refractivity contribution in [3.8, 4) is 5.75 Å². The highest BCUT2D eigenvalue weighted by Crippen LogP contribution is 2.23. The molecule has 1 aromatic rings. The van der Waals surface area contributed by atoms with Crippen molar-refractivity contribution in [1.29, 1.82) is 0 Å². The minimum atomic E-state index is -0.879. The standard InChI is InChI=1S/C12H16FNO3S/c1-2-3-9(8-18)7-17-10-4-5-12(14(15)16)11(13)6-10/h4-6,9,18H,2-3,7-8H2,1H3. The van der Waals surface area contributed by atoms with Gasteiger partial charge < -0.3 is 4.74 Å². The SMILES string of the molecule is CCCC(CS)COc1ccc([N+](=O)[O-])c(F)c1. The fourth-order valence-corrected chi connectivity index (χ4v) is 1.86. The minimum Gasteiger partial charge on any atom is -0.493 e. The summed E-state index contributed by atoms with van der Waals surface area (Å²) in [5, 5.41) is 10.4. The summed E-state index contributed by atoms with van der Waals surface area (Å²) in [6.07, 6.45) is 2.02. The molecule has 0 bridgehead atoms. The second kappa shape index (κ2) is 7.20. The number of nitro groups is 1. The van der Waals surface area contributed by atoms with Gasteiger partial charge in [-0.1, -0.05) is 13.3 Å². The Balaban J connectivity index is 2.63. The molecule has 100 valence electrons. The van der Waals surface area contributed by atoms with Crippen LogP contribution in [-0.2, 0) is 0 Å². The monoisotopic (exact) mass is 273 g/mol. The van der Waals surface area contributed by atoms with Gasteiger partial charge in [0.15, 0.2) is 0 Å². The van der Waals surface area contributed by atoms with Crippen molar-refractivity contribution < 1.29 is 14.1 Å². The van der Waals surface area contributed by atoms with Crippen LogP contribution in [0.15, 0.2) is 18.2 Å². The second-order valence-electron chi connectivity index (χ2n) is 4.02. The van der Waals surface area contributed by atoms with Crippen molar-refractivity contribution in [1.82, 2.24) is 0 Å². The van der Waals surface area contributed by atoms with Gasteiger partial charge in [-0.2, -0.15) is 17.0 Å². The molecule has 0 radical (unpaired) electrons. The van der Waals surface area contributed by atoms with E-state index in [1.165, 1.54) is 6.07 Å². The first-order chi connectivity index (χ1) is 8.58.